The Kier molecular flexibility index (Phi) is 3.92. The van der Waals surface area contributed by atoms with E-state index in [-0.39, 0.29) is 5.16 Å². The molecule has 0 atom stereocenters. The van der Waals surface area contributed by atoms with Crippen LogP contribution in [-0.2, 0) is 29.3 Å². The van der Waals surface area contributed by atoms with E-state index in [4.69, 9.17) is 0 Å². The summed E-state index contributed by atoms with van der Waals surface area (Å²) < 4.78 is 23.0. The van der Waals surface area contributed by atoms with Crippen LogP contribution in [0.1, 0.15) is 22.6 Å². The maximum absolute atomic E-state index is 11.5. The van der Waals surface area contributed by atoms with E-state index < -0.39 is 9.84 Å². The average molecular weight is 318 g/mol. The minimum atomic E-state index is -3.35. The second-order valence-electron chi connectivity index (χ2n) is 5.63. The molecule has 0 saturated carbocycles. The highest BCUT2D eigenvalue weighted by atomic mass is 32.2. The minimum absolute atomic E-state index is 0.0833. The fourth-order valence-corrected chi connectivity index (χ4v) is 3.11. The Bertz CT molecular complexity index is 805. The molecule has 2 aromatic heterocycles. The molecule has 0 unspecified atom stereocenters. The van der Waals surface area contributed by atoms with Crippen LogP contribution in [0, 0.1) is 6.92 Å². The summed E-state index contributed by atoms with van der Waals surface area (Å²) in [5.41, 5.74) is 3.88. The fourth-order valence-electron chi connectivity index (χ4n) is 2.59. The summed E-state index contributed by atoms with van der Waals surface area (Å²) in [5, 5.41) is -0.0833. The summed E-state index contributed by atoms with van der Waals surface area (Å²) in [5.74, 6) is 0. The summed E-state index contributed by atoms with van der Waals surface area (Å²) in [7, 11) is -3.35. The van der Waals surface area contributed by atoms with Gasteiger partial charge >= 0.3 is 0 Å². The zero-order valence-corrected chi connectivity index (χ0v) is 13.5. The lowest BCUT2D eigenvalue weighted by Crippen LogP contribution is -2.31. The third kappa shape index (κ3) is 3.31. The molecule has 2 aromatic rings. The Hall–Kier alpha value is -1.86. The number of hydrogen-bond acceptors (Lipinski definition) is 6. The molecule has 0 bridgehead atoms. The molecule has 1 aliphatic heterocycles. The monoisotopic (exact) mass is 318 g/mol. The molecule has 0 aromatic carbocycles. The van der Waals surface area contributed by atoms with Gasteiger partial charge < -0.3 is 0 Å². The van der Waals surface area contributed by atoms with E-state index >= 15 is 0 Å². The van der Waals surface area contributed by atoms with Crippen LogP contribution in [0.15, 0.2) is 29.6 Å². The van der Waals surface area contributed by atoms with Crippen molar-refractivity contribution in [3.8, 4) is 0 Å². The van der Waals surface area contributed by atoms with Gasteiger partial charge in [-0.05, 0) is 19.1 Å². The Labute approximate surface area is 130 Å². The highest BCUT2D eigenvalue weighted by Gasteiger charge is 2.21. The molecular formula is C15H18N4O2S. The highest BCUT2D eigenvalue weighted by Crippen LogP contribution is 2.19. The van der Waals surface area contributed by atoms with E-state index in [9.17, 15) is 8.42 Å². The molecule has 3 heterocycles. The van der Waals surface area contributed by atoms with Gasteiger partial charge in [-0.15, -0.1) is 0 Å². The zero-order chi connectivity index (χ0) is 15.7. The third-order valence-corrected chi connectivity index (χ3v) is 4.51. The van der Waals surface area contributed by atoms with Crippen LogP contribution in [0.3, 0.4) is 0 Å². The number of nitrogens with zero attached hydrogens (tertiary/aromatic N) is 4. The van der Waals surface area contributed by atoms with Crippen molar-refractivity contribution in [2.75, 3.05) is 12.8 Å². The van der Waals surface area contributed by atoms with Crippen LogP contribution >= 0.6 is 0 Å². The molecule has 7 heteroatoms. The Morgan fingerprint density at radius 3 is 2.82 bits per heavy atom. The Morgan fingerprint density at radius 1 is 1.27 bits per heavy atom. The van der Waals surface area contributed by atoms with Crippen molar-refractivity contribution in [3.63, 3.8) is 0 Å². The van der Waals surface area contributed by atoms with E-state index in [1.807, 2.05) is 25.1 Å². The maximum atomic E-state index is 11.5. The predicted octanol–water partition coefficient (Wildman–Crippen LogP) is 1.14. The first-order valence-electron chi connectivity index (χ1n) is 7.11. The summed E-state index contributed by atoms with van der Waals surface area (Å²) in [6.45, 7) is 4.31. The smallest absolute Gasteiger partial charge is 0.246 e. The van der Waals surface area contributed by atoms with Gasteiger partial charge in [-0.25, -0.2) is 18.4 Å². The lowest BCUT2D eigenvalue weighted by atomic mass is 10.1. The lowest BCUT2D eigenvalue weighted by molar-refractivity contribution is 0.239. The fraction of sp³-hybridized carbons (Fsp3) is 0.400. The van der Waals surface area contributed by atoms with Gasteiger partial charge in [-0.2, -0.15) is 0 Å². The summed E-state index contributed by atoms with van der Waals surface area (Å²) in [6.07, 6.45) is 3.49. The van der Waals surface area contributed by atoms with Gasteiger partial charge in [0, 0.05) is 49.8 Å². The molecule has 0 N–H and O–H groups in total. The average Bonchev–Trinajstić information content (AvgIpc) is 2.45. The van der Waals surface area contributed by atoms with E-state index in [2.05, 4.69) is 19.9 Å². The molecule has 0 saturated heterocycles. The number of sulfone groups is 1. The molecule has 0 spiro atoms. The number of pyridine rings is 1. The standard InChI is InChI=1S/C15H18N4O2S/c1-11-4-3-5-13(17-11)10-19-7-6-14-12(9-19)8-16-15(18-14)22(2,20)21/h3-5,8H,6-7,9-10H2,1-2H3. The number of aromatic nitrogens is 3. The number of aryl methyl sites for hydroxylation is 1. The van der Waals surface area contributed by atoms with Gasteiger partial charge in [0.1, 0.15) is 0 Å². The lowest BCUT2D eigenvalue weighted by Gasteiger charge is -2.27. The summed E-state index contributed by atoms with van der Waals surface area (Å²) in [4.78, 5) is 15.0. The minimum Gasteiger partial charge on any atom is -0.293 e. The van der Waals surface area contributed by atoms with Gasteiger partial charge in [0.05, 0.1) is 11.4 Å². The quantitative estimate of drug-likeness (QED) is 0.790. The first-order chi connectivity index (χ1) is 10.4. The molecule has 3 rings (SSSR count). The van der Waals surface area contributed by atoms with Crippen LogP contribution in [0.5, 0.6) is 0 Å². The van der Waals surface area contributed by atoms with Crippen molar-refractivity contribution in [1.82, 2.24) is 19.9 Å². The van der Waals surface area contributed by atoms with Crippen molar-refractivity contribution < 1.29 is 8.42 Å². The van der Waals surface area contributed by atoms with Crippen LogP contribution in [0.2, 0.25) is 0 Å². The van der Waals surface area contributed by atoms with E-state index in [1.54, 1.807) is 6.20 Å². The first-order valence-corrected chi connectivity index (χ1v) is 9.01. The first kappa shape index (κ1) is 15.1. The van der Waals surface area contributed by atoms with Crippen LogP contribution in [0.25, 0.3) is 0 Å². The Balaban J connectivity index is 1.77. The van der Waals surface area contributed by atoms with E-state index in [0.717, 1.165) is 55.0 Å². The van der Waals surface area contributed by atoms with Gasteiger partial charge in [0.2, 0.25) is 15.0 Å². The normalized spacial score (nSPS) is 15.5. The summed E-state index contributed by atoms with van der Waals surface area (Å²) in [6, 6.07) is 6.01. The van der Waals surface area contributed by atoms with Crippen LogP contribution < -0.4 is 0 Å². The van der Waals surface area contributed by atoms with Crippen molar-refractivity contribution in [3.05, 3.63) is 47.0 Å². The molecule has 6 nitrogen and oxygen atoms in total. The molecule has 1 aliphatic rings. The SMILES string of the molecule is Cc1cccc(CN2CCc3nc(S(C)(=O)=O)ncc3C2)n1. The van der Waals surface area contributed by atoms with E-state index in [0.29, 0.717) is 0 Å². The zero-order valence-electron chi connectivity index (χ0n) is 12.7. The number of fused-ring (bicyclic) bond motifs is 1. The van der Waals surface area contributed by atoms with Crippen molar-refractivity contribution in [1.29, 1.82) is 0 Å². The molecule has 0 aliphatic carbocycles. The molecule has 22 heavy (non-hydrogen) atoms. The second kappa shape index (κ2) is 5.73. The van der Waals surface area contributed by atoms with Crippen molar-refractivity contribution >= 4 is 9.84 Å². The molecule has 0 radical (unpaired) electrons. The largest absolute Gasteiger partial charge is 0.293 e. The number of hydrogen-bond donors (Lipinski definition) is 0. The third-order valence-electron chi connectivity index (χ3n) is 3.65. The molecule has 0 amide bonds. The van der Waals surface area contributed by atoms with Crippen molar-refractivity contribution in [2.24, 2.45) is 0 Å². The molecule has 116 valence electrons. The predicted molar refractivity (Wildman–Crippen MR) is 81.9 cm³/mol. The van der Waals surface area contributed by atoms with E-state index in [1.165, 1.54) is 0 Å². The van der Waals surface area contributed by atoms with Gasteiger partial charge in [0.15, 0.2) is 0 Å². The topological polar surface area (TPSA) is 76.1 Å². The Morgan fingerprint density at radius 2 is 2.09 bits per heavy atom. The van der Waals surface area contributed by atoms with Crippen LogP contribution in [0.4, 0.5) is 0 Å². The van der Waals surface area contributed by atoms with Crippen molar-refractivity contribution in [2.45, 2.75) is 31.6 Å². The maximum Gasteiger partial charge on any atom is 0.246 e. The molecule has 0 fully saturated rings. The molecular weight excluding hydrogens is 300 g/mol. The second-order valence-corrected chi connectivity index (χ2v) is 7.54. The van der Waals surface area contributed by atoms with Gasteiger partial charge in [0.25, 0.3) is 0 Å². The van der Waals surface area contributed by atoms with Gasteiger partial charge in [-0.3, -0.25) is 9.88 Å². The van der Waals surface area contributed by atoms with Crippen LogP contribution in [-0.4, -0.2) is 41.1 Å². The van der Waals surface area contributed by atoms with Gasteiger partial charge in [-0.1, -0.05) is 6.07 Å². The number of rotatable bonds is 3. The highest BCUT2D eigenvalue weighted by molar-refractivity contribution is 7.90. The summed E-state index contributed by atoms with van der Waals surface area (Å²) >= 11 is 0.